The van der Waals surface area contributed by atoms with Gasteiger partial charge in [-0.1, -0.05) is 0 Å². The van der Waals surface area contributed by atoms with Gasteiger partial charge in [-0.25, -0.2) is 9.59 Å². The molecule has 0 aromatic heterocycles. The van der Waals surface area contributed by atoms with E-state index in [2.05, 4.69) is 5.32 Å². The van der Waals surface area contributed by atoms with E-state index in [1.807, 2.05) is 0 Å². The average Bonchev–Trinajstić information content (AvgIpc) is 3.11. The van der Waals surface area contributed by atoms with Crippen molar-refractivity contribution in [1.29, 1.82) is 0 Å². The summed E-state index contributed by atoms with van der Waals surface area (Å²) in [5.74, 6) is -1.98. The summed E-state index contributed by atoms with van der Waals surface area (Å²) in [7, 11) is 1.53. The SMILES string of the molecule is COCCN(C(=O)NC(=O)C=CC(=O)O)C1CC1. The van der Waals surface area contributed by atoms with Gasteiger partial charge < -0.3 is 14.7 Å². The number of methoxy groups -OCH3 is 1. The van der Waals surface area contributed by atoms with Crippen LogP contribution in [0.5, 0.6) is 0 Å². The van der Waals surface area contributed by atoms with E-state index in [1.54, 1.807) is 0 Å². The second-order valence-electron chi connectivity index (χ2n) is 3.88. The highest BCUT2D eigenvalue weighted by Crippen LogP contribution is 2.26. The molecule has 0 heterocycles. The number of carboxylic acid groups (broad SMARTS) is 1. The monoisotopic (exact) mass is 256 g/mol. The number of aliphatic carboxylic acids is 1. The van der Waals surface area contributed by atoms with Crippen molar-refractivity contribution < 1.29 is 24.2 Å². The molecule has 0 bridgehead atoms. The van der Waals surface area contributed by atoms with E-state index in [0.717, 1.165) is 18.9 Å². The number of rotatable bonds is 6. The third-order valence-electron chi connectivity index (χ3n) is 2.39. The standard InChI is InChI=1S/C11H16N2O5/c1-18-7-6-13(8-2-3-8)11(17)12-9(14)4-5-10(15)16/h4-5,8H,2-3,6-7H2,1H3,(H,15,16)(H,12,14,17). The van der Waals surface area contributed by atoms with E-state index >= 15 is 0 Å². The van der Waals surface area contributed by atoms with Gasteiger partial charge in [0, 0.05) is 31.8 Å². The summed E-state index contributed by atoms with van der Waals surface area (Å²) < 4.78 is 4.89. The Labute approximate surface area is 104 Å². The van der Waals surface area contributed by atoms with Crippen molar-refractivity contribution in [1.82, 2.24) is 10.2 Å². The highest BCUT2D eigenvalue weighted by molar-refractivity contribution is 6.02. The van der Waals surface area contributed by atoms with Crippen molar-refractivity contribution in [3.8, 4) is 0 Å². The maximum atomic E-state index is 11.7. The molecule has 0 atom stereocenters. The van der Waals surface area contributed by atoms with Crippen molar-refractivity contribution in [3.63, 3.8) is 0 Å². The Bertz CT molecular complexity index is 362. The minimum Gasteiger partial charge on any atom is -0.478 e. The Morgan fingerprint density at radius 3 is 2.56 bits per heavy atom. The van der Waals surface area contributed by atoms with Crippen LogP contribution >= 0.6 is 0 Å². The van der Waals surface area contributed by atoms with Crippen molar-refractivity contribution in [2.45, 2.75) is 18.9 Å². The molecule has 0 unspecified atom stereocenters. The van der Waals surface area contributed by atoms with E-state index in [9.17, 15) is 14.4 Å². The molecule has 0 aliphatic heterocycles. The number of ether oxygens (including phenoxy) is 1. The van der Waals surface area contributed by atoms with Gasteiger partial charge in [0.25, 0.3) is 5.91 Å². The quantitative estimate of drug-likeness (QED) is 0.651. The number of nitrogens with zero attached hydrogens (tertiary/aromatic N) is 1. The van der Waals surface area contributed by atoms with Gasteiger partial charge in [-0.2, -0.15) is 0 Å². The maximum Gasteiger partial charge on any atom is 0.328 e. The van der Waals surface area contributed by atoms with E-state index in [4.69, 9.17) is 9.84 Å². The predicted molar refractivity (Wildman–Crippen MR) is 61.9 cm³/mol. The molecule has 7 heteroatoms. The molecule has 1 saturated carbocycles. The van der Waals surface area contributed by atoms with Gasteiger partial charge >= 0.3 is 12.0 Å². The first-order valence-electron chi connectivity index (χ1n) is 5.56. The molecule has 7 nitrogen and oxygen atoms in total. The fourth-order valence-electron chi connectivity index (χ4n) is 1.39. The van der Waals surface area contributed by atoms with Gasteiger partial charge in [0.1, 0.15) is 0 Å². The molecule has 2 N–H and O–H groups in total. The third kappa shape index (κ3) is 4.96. The highest BCUT2D eigenvalue weighted by Gasteiger charge is 2.32. The number of amides is 3. The molecular formula is C11H16N2O5. The number of nitrogens with one attached hydrogen (secondary N) is 1. The normalized spacial score (nSPS) is 14.5. The van der Waals surface area contributed by atoms with E-state index in [1.165, 1.54) is 12.0 Å². The molecule has 1 aliphatic rings. The van der Waals surface area contributed by atoms with Crippen molar-refractivity contribution in [2.75, 3.05) is 20.3 Å². The summed E-state index contributed by atoms with van der Waals surface area (Å²) in [6, 6.07) is -0.369. The summed E-state index contributed by atoms with van der Waals surface area (Å²) in [6.45, 7) is 0.798. The molecule has 0 aromatic carbocycles. The molecule has 18 heavy (non-hydrogen) atoms. The lowest BCUT2D eigenvalue weighted by Crippen LogP contribution is -2.45. The van der Waals surface area contributed by atoms with Crippen LogP contribution in [-0.4, -0.2) is 54.2 Å². The first-order chi connectivity index (χ1) is 8.54. The molecule has 100 valence electrons. The Balaban J connectivity index is 2.45. The number of hydrogen-bond donors (Lipinski definition) is 2. The fraction of sp³-hybridized carbons (Fsp3) is 0.545. The lowest BCUT2D eigenvalue weighted by Gasteiger charge is -2.21. The molecule has 0 saturated heterocycles. The molecule has 3 amide bonds. The first kappa shape index (κ1) is 14.2. The van der Waals surface area contributed by atoms with E-state index in [-0.39, 0.29) is 6.04 Å². The topological polar surface area (TPSA) is 95.9 Å². The number of imide groups is 1. The Kier molecular flexibility index (Phi) is 5.31. The van der Waals surface area contributed by atoms with E-state index < -0.39 is 17.9 Å². The lowest BCUT2D eigenvalue weighted by atomic mass is 10.4. The van der Waals surface area contributed by atoms with Crippen LogP contribution in [0.3, 0.4) is 0 Å². The van der Waals surface area contributed by atoms with Crippen molar-refractivity contribution in [2.24, 2.45) is 0 Å². The molecule has 1 aliphatic carbocycles. The molecule has 0 radical (unpaired) electrons. The third-order valence-corrected chi connectivity index (χ3v) is 2.39. The molecule has 1 fully saturated rings. The zero-order valence-corrected chi connectivity index (χ0v) is 10.1. The summed E-state index contributed by atoms with van der Waals surface area (Å²) in [5.41, 5.74) is 0. The minimum absolute atomic E-state index is 0.149. The summed E-state index contributed by atoms with van der Waals surface area (Å²) >= 11 is 0. The lowest BCUT2D eigenvalue weighted by molar-refractivity contribution is -0.131. The molecular weight excluding hydrogens is 240 g/mol. The van der Waals surface area contributed by atoms with Crippen LogP contribution in [0.2, 0.25) is 0 Å². The molecule has 0 spiro atoms. The molecule has 0 aromatic rings. The highest BCUT2D eigenvalue weighted by atomic mass is 16.5. The number of carboxylic acids is 1. The largest absolute Gasteiger partial charge is 0.478 e. The smallest absolute Gasteiger partial charge is 0.328 e. The number of hydrogen-bond acceptors (Lipinski definition) is 4. The summed E-state index contributed by atoms with van der Waals surface area (Å²) in [5, 5.41) is 10.4. The predicted octanol–water partition coefficient (Wildman–Crippen LogP) is -0.0258. The second-order valence-corrected chi connectivity index (χ2v) is 3.88. The Morgan fingerprint density at radius 2 is 2.06 bits per heavy atom. The summed E-state index contributed by atoms with van der Waals surface area (Å²) in [6.07, 6.45) is 3.31. The van der Waals surface area contributed by atoms with Gasteiger partial charge in [0.15, 0.2) is 0 Å². The number of carbonyl (C=O) groups is 3. The average molecular weight is 256 g/mol. The maximum absolute atomic E-state index is 11.7. The zero-order chi connectivity index (χ0) is 13.5. The van der Waals surface area contributed by atoms with Gasteiger partial charge in [-0.3, -0.25) is 10.1 Å². The van der Waals surface area contributed by atoms with Gasteiger partial charge in [-0.05, 0) is 12.8 Å². The van der Waals surface area contributed by atoms with Crippen LogP contribution in [0.4, 0.5) is 4.79 Å². The van der Waals surface area contributed by atoms with Crippen LogP contribution in [-0.2, 0) is 14.3 Å². The van der Waals surface area contributed by atoms with Crippen LogP contribution in [0.15, 0.2) is 12.2 Å². The van der Waals surface area contributed by atoms with Gasteiger partial charge in [0.05, 0.1) is 6.61 Å². The van der Waals surface area contributed by atoms with Crippen LogP contribution in [0.25, 0.3) is 0 Å². The zero-order valence-electron chi connectivity index (χ0n) is 10.1. The van der Waals surface area contributed by atoms with Gasteiger partial charge in [0.2, 0.25) is 0 Å². The van der Waals surface area contributed by atoms with E-state index in [0.29, 0.717) is 19.2 Å². The Hall–Kier alpha value is -1.89. The summed E-state index contributed by atoms with van der Waals surface area (Å²) in [4.78, 5) is 34.7. The van der Waals surface area contributed by atoms with Gasteiger partial charge in [-0.15, -0.1) is 0 Å². The second kappa shape index (κ2) is 6.75. The minimum atomic E-state index is -1.24. The number of urea groups is 1. The van der Waals surface area contributed by atoms with Crippen LogP contribution in [0, 0.1) is 0 Å². The van der Waals surface area contributed by atoms with Crippen molar-refractivity contribution >= 4 is 17.9 Å². The van der Waals surface area contributed by atoms with Crippen LogP contribution < -0.4 is 5.32 Å². The first-order valence-corrected chi connectivity index (χ1v) is 5.56. The van der Waals surface area contributed by atoms with Crippen LogP contribution in [0.1, 0.15) is 12.8 Å². The Morgan fingerprint density at radius 1 is 1.39 bits per heavy atom. The fourth-order valence-corrected chi connectivity index (χ4v) is 1.39. The van der Waals surface area contributed by atoms with Crippen molar-refractivity contribution in [3.05, 3.63) is 12.2 Å². The molecule has 1 rings (SSSR count). The number of carbonyl (C=O) groups excluding carboxylic acids is 2.